The highest BCUT2D eigenvalue weighted by Gasteiger charge is 2.35. The predicted molar refractivity (Wildman–Crippen MR) is 63.9 cm³/mol. The zero-order valence-electron chi connectivity index (χ0n) is 10.6. The third-order valence-electron chi connectivity index (χ3n) is 3.34. The summed E-state index contributed by atoms with van der Waals surface area (Å²) in [6.07, 6.45) is 3.26. The van der Waals surface area contributed by atoms with Crippen molar-refractivity contribution in [3.05, 3.63) is 0 Å². The van der Waals surface area contributed by atoms with E-state index in [0.29, 0.717) is 12.6 Å². The predicted octanol–water partition coefficient (Wildman–Crippen LogP) is 0.733. The SMILES string of the molecule is CC(C)(C)[C@@H](N)C(=O)N(CCO)C1CCC1. The van der Waals surface area contributed by atoms with E-state index >= 15 is 0 Å². The van der Waals surface area contributed by atoms with E-state index in [1.165, 1.54) is 6.42 Å². The number of hydrogen-bond acceptors (Lipinski definition) is 3. The van der Waals surface area contributed by atoms with Gasteiger partial charge in [-0.25, -0.2) is 0 Å². The lowest BCUT2D eigenvalue weighted by Gasteiger charge is -2.40. The lowest BCUT2D eigenvalue weighted by molar-refractivity contribution is -0.139. The molecule has 94 valence electrons. The van der Waals surface area contributed by atoms with Crippen LogP contribution >= 0.6 is 0 Å². The Labute approximate surface area is 97.8 Å². The summed E-state index contributed by atoms with van der Waals surface area (Å²) in [6, 6.07) is -0.187. The van der Waals surface area contributed by atoms with Crippen LogP contribution in [0.4, 0.5) is 0 Å². The fourth-order valence-corrected chi connectivity index (χ4v) is 1.83. The van der Waals surface area contributed by atoms with Gasteiger partial charge in [0.15, 0.2) is 0 Å². The van der Waals surface area contributed by atoms with Gasteiger partial charge < -0.3 is 15.7 Å². The molecule has 4 heteroatoms. The maximum Gasteiger partial charge on any atom is 0.240 e. The number of carbonyl (C=O) groups excluding carboxylic acids is 1. The summed E-state index contributed by atoms with van der Waals surface area (Å²) < 4.78 is 0. The van der Waals surface area contributed by atoms with Crippen molar-refractivity contribution in [3.8, 4) is 0 Å². The van der Waals surface area contributed by atoms with Gasteiger partial charge in [0.05, 0.1) is 12.6 Å². The van der Waals surface area contributed by atoms with Crippen LogP contribution in [0.5, 0.6) is 0 Å². The minimum absolute atomic E-state index is 0.0130. The number of nitrogens with two attached hydrogens (primary N) is 1. The molecule has 0 heterocycles. The van der Waals surface area contributed by atoms with Crippen LogP contribution in [0.1, 0.15) is 40.0 Å². The summed E-state index contributed by atoms with van der Waals surface area (Å²) in [5, 5.41) is 9.00. The van der Waals surface area contributed by atoms with Crippen molar-refractivity contribution in [2.24, 2.45) is 11.1 Å². The second-order valence-corrected chi connectivity index (χ2v) is 5.68. The van der Waals surface area contributed by atoms with E-state index in [1.54, 1.807) is 4.90 Å². The van der Waals surface area contributed by atoms with Crippen molar-refractivity contribution < 1.29 is 9.90 Å². The zero-order chi connectivity index (χ0) is 12.3. The number of rotatable bonds is 4. The number of nitrogens with zero attached hydrogens (tertiary/aromatic N) is 1. The topological polar surface area (TPSA) is 66.6 Å². The average Bonchev–Trinajstić information content (AvgIpc) is 2.10. The molecule has 0 aliphatic heterocycles. The van der Waals surface area contributed by atoms with E-state index < -0.39 is 6.04 Å². The maximum atomic E-state index is 12.2. The summed E-state index contributed by atoms with van der Waals surface area (Å²) in [5.41, 5.74) is 5.74. The van der Waals surface area contributed by atoms with Crippen molar-refractivity contribution in [2.45, 2.75) is 52.1 Å². The van der Waals surface area contributed by atoms with Gasteiger partial charge in [0.1, 0.15) is 0 Å². The highest BCUT2D eigenvalue weighted by atomic mass is 16.3. The summed E-state index contributed by atoms with van der Waals surface area (Å²) in [4.78, 5) is 14.0. The van der Waals surface area contributed by atoms with E-state index in [9.17, 15) is 4.79 Å². The molecule has 1 atom stereocenters. The van der Waals surface area contributed by atoms with E-state index in [1.807, 2.05) is 20.8 Å². The van der Waals surface area contributed by atoms with Crippen LogP contribution in [0.15, 0.2) is 0 Å². The lowest BCUT2D eigenvalue weighted by Crippen LogP contribution is -2.55. The molecule has 1 amide bonds. The Hall–Kier alpha value is -0.610. The van der Waals surface area contributed by atoms with Gasteiger partial charge in [-0.15, -0.1) is 0 Å². The first-order valence-corrected chi connectivity index (χ1v) is 6.05. The fourth-order valence-electron chi connectivity index (χ4n) is 1.83. The molecule has 1 aliphatic rings. The van der Waals surface area contributed by atoms with E-state index in [2.05, 4.69) is 0 Å². The summed E-state index contributed by atoms with van der Waals surface area (Å²) >= 11 is 0. The van der Waals surface area contributed by atoms with Gasteiger partial charge >= 0.3 is 0 Å². The van der Waals surface area contributed by atoms with E-state index in [-0.39, 0.29) is 17.9 Å². The van der Waals surface area contributed by atoms with Gasteiger partial charge in [0, 0.05) is 12.6 Å². The average molecular weight is 228 g/mol. The number of carbonyl (C=O) groups is 1. The van der Waals surface area contributed by atoms with Gasteiger partial charge in [-0.3, -0.25) is 4.79 Å². The third kappa shape index (κ3) is 2.95. The number of amides is 1. The molecule has 0 aromatic heterocycles. The first kappa shape index (κ1) is 13.5. The van der Waals surface area contributed by atoms with Gasteiger partial charge in [-0.2, -0.15) is 0 Å². The number of aliphatic hydroxyl groups excluding tert-OH is 1. The summed E-state index contributed by atoms with van der Waals surface area (Å²) in [5.74, 6) is -0.0220. The molecule has 0 bridgehead atoms. The molecule has 16 heavy (non-hydrogen) atoms. The highest BCUT2D eigenvalue weighted by Crippen LogP contribution is 2.27. The van der Waals surface area contributed by atoms with Crippen LogP contribution < -0.4 is 5.73 Å². The Bertz CT molecular complexity index is 244. The number of hydrogen-bond donors (Lipinski definition) is 2. The van der Waals surface area contributed by atoms with Crippen molar-refractivity contribution in [2.75, 3.05) is 13.2 Å². The fraction of sp³-hybridized carbons (Fsp3) is 0.917. The Morgan fingerprint density at radius 2 is 2.06 bits per heavy atom. The molecule has 1 fully saturated rings. The molecule has 0 spiro atoms. The first-order valence-electron chi connectivity index (χ1n) is 6.05. The molecule has 0 radical (unpaired) electrons. The third-order valence-corrected chi connectivity index (χ3v) is 3.34. The molecule has 0 unspecified atom stereocenters. The maximum absolute atomic E-state index is 12.2. The standard InChI is InChI=1S/C12H24N2O2/c1-12(2,3)10(13)11(16)14(7-8-15)9-5-4-6-9/h9-10,15H,4-8,13H2,1-3H3/t10-/m0/s1. The van der Waals surface area contributed by atoms with Crippen LogP contribution in [0.3, 0.4) is 0 Å². The Balaban J connectivity index is 2.66. The second kappa shape index (κ2) is 5.15. The smallest absolute Gasteiger partial charge is 0.240 e. The van der Waals surface area contributed by atoms with Crippen LogP contribution in [-0.4, -0.2) is 41.1 Å². The normalized spacial score (nSPS) is 19.1. The van der Waals surface area contributed by atoms with Gasteiger partial charge in [-0.1, -0.05) is 20.8 Å². The zero-order valence-corrected chi connectivity index (χ0v) is 10.6. The first-order chi connectivity index (χ1) is 7.38. The monoisotopic (exact) mass is 228 g/mol. The quantitative estimate of drug-likeness (QED) is 0.745. The van der Waals surface area contributed by atoms with Crippen LogP contribution in [-0.2, 0) is 4.79 Å². The van der Waals surface area contributed by atoms with Crippen LogP contribution in [0.2, 0.25) is 0 Å². The number of aliphatic hydroxyl groups is 1. The Kier molecular flexibility index (Phi) is 4.33. The molecule has 1 saturated carbocycles. The van der Waals surface area contributed by atoms with Gasteiger partial charge in [-0.05, 0) is 24.7 Å². The Morgan fingerprint density at radius 3 is 2.38 bits per heavy atom. The summed E-state index contributed by atoms with van der Waals surface area (Å²) in [6.45, 7) is 6.32. The lowest BCUT2D eigenvalue weighted by atomic mass is 9.84. The molecule has 0 aromatic carbocycles. The van der Waals surface area contributed by atoms with Crippen molar-refractivity contribution in [1.82, 2.24) is 4.90 Å². The Morgan fingerprint density at radius 1 is 1.50 bits per heavy atom. The molecule has 0 aromatic rings. The minimum Gasteiger partial charge on any atom is -0.395 e. The van der Waals surface area contributed by atoms with Crippen molar-refractivity contribution in [1.29, 1.82) is 0 Å². The van der Waals surface area contributed by atoms with Gasteiger partial charge in [0.25, 0.3) is 0 Å². The summed E-state index contributed by atoms with van der Waals surface area (Å²) in [7, 11) is 0. The van der Waals surface area contributed by atoms with E-state index in [4.69, 9.17) is 10.8 Å². The molecular weight excluding hydrogens is 204 g/mol. The molecule has 0 saturated heterocycles. The second-order valence-electron chi connectivity index (χ2n) is 5.68. The molecule has 3 N–H and O–H groups in total. The van der Waals surface area contributed by atoms with Crippen molar-refractivity contribution >= 4 is 5.91 Å². The van der Waals surface area contributed by atoms with Crippen LogP contribution in [0.25, 0.3) is 0 Å². The van der Waals surface area contributed by atoms with Crippen molar-refractivity contribution in [3.63, 3.8) is 0 Å². The van der Waals surface area contributed by atoms with E-state index in [0.717, 1.165) is 12.8 Å². The van der Waals surface area contributed by atoms with Crippen LogP contribution in [0, 0.1) is 5.41 Å². The highest BCUT2D eigenvalue weighted by molar-refractivity contribution is 5.82. The molecule has 1 rings (SSSR count). The minimum atomic E-state index is -0.486. The molecule has 4 nitrogen and oxygen atoms in total. The molecule has 1 aliphatic carbocycles. The molecular formula is C12H24N2O2. The largest absolute Gasteiger partial charge is 0.395 e. The van der Waals surface area contributed by atoms with Gasteiger partial charge in [0.2, 0.25) is 5.91 Å².